The summed E-state index contributed by atoms with van der Waals surface area (Å²) in [5.74, 6) is 1.78. The number of hydrogen-bond acceptors (Lipinski definition) is 1. The highest BCUT2D eigenvalue weighted by Crippen LogP contribution is 2.66. The van der Waals surface area contributed by atoms with Crippen molar-refractivity contribution in [2.45, 2.75) is 58.5 Å². The second-order valence-corrected chi connectivity index (χ2v) is 7.38. The summed E-state index contributed by atoms with van der Waals surface area (Å²) in [6.45, 7) is 8.43. The third-order valence-corrected chi connectivity index (χ3v) is 5.45. The zero-order valence-corrected chi connectivity index (χ0v) is 10.6. The lowest BCUT2D eigenvalue weighted by Gasteiger charge is -2.62. The van der Waals surface area contributed by atoms with Crippen LogP contribution in [0.1, 0.15) is 52.4 Å². The minimum atomic E-state index is -0.252. The van der Waals surface area contributed by atoms with Crippen molar-refractivity contribution in [1.82, 2.24) is 0 Å². The average Bonchev–Trinajstić information content (AvgIpc) is 2.12. The fraction of sp³-hybridized carbons (Fsp3) is 0.867. The van der Waals surface area contributed by atoms with E-state index in [9.17, 15) is 5.11 Å². The summed E-state index contributed by atoms with van der Waals surface area (Å²) in [5.41, 5.74) is 1.70. The molecule has 16 heavy (non-hydrogen) atoms. The molecule has 4 saturated carbocycles. The Labute approximate surface area is 98.9 Å². The first-order valence-corrected chi connectivity index (χ1v) is 6.76. The third-order valence-electron chi connectivity index (χ3n) is 5.45. The van der Waals surface area contributed by atoms with Crippen LogP contribution in [0, 0.1) is 22.7 Å². The maximum absolute atomic E-state index is 10.5. The summed E-state index contributed by atoms with van der Waals surface area (Å²) in [5, 5.41) is 10.5. The molecule has 90 valence electrons. The second kappa shape index (κ2) is 3.13. The van der Waals surface area contributed by atoms with Gasteiger partial charge in [0.15, 0.2) is 0 Å². The van der Waals surface area contributed by atoms with Crippen LogP contribution < -0.4 is 0 Å². The molecule has 0 aromatic heterocycles. The summed E-state index contributed by atoms with van der Waals surface area (Å²) < 4.78 is 0. The van der Waals surface area contributed by atoms with Crippen LogP contribution in [-0.2, 0) is 0 Å². The van der Waals surface area contributed by atoms with Crippen LogP contribution in [-0.4, -0.2) is 11.2 Å². The molecule has 4 aliphatic rings. The first kappa shape index (κ1) is 10.8. The first-order valence-electron chi connectivity index (χ1n) is 6.76. The smallest absolute Gasteiger partial charge is 0.0801 e. The Morgan fingerprint density at radius 3 is 2.25 bits per heavy atom. The minimum Gasteiger partial charge on any atom is -0.388 e. The van der Waals surface area contributed by atoms with Crippen LogP contribution in [0.5, 0.6) is 0 Å². The number of aliphatic hydroxyl groups is 1. The number of rotatable bonds is 2. The van der Waals surface area contributed by atoms with Gasteiger partial charge in [0, 0.05) is 5.41 Å². The molecule has 0 aromatic rings. The molecule has 1 N–H and O–H groups in total. The fourth-order valence-corrected chi connectivity index (χ4v) is 5.64. The van der Waals surface area contributed by atoms with E-state index in [0.717, 1.165) is 17.4 Å². The lowest BCUT2D eigenvalue weighted by molar-refractivity contribution is -0.143. The van der Waals surface area contributed by atoms with Crippen molar-refractivity contribution < 1.29 is 5.11 Å². The van der Waals surface area contributed by atoms with Gasteiger partial charge in [0.25, 0.3) is 0 Å². The predicted molar refractivity (Wildman–Crippen MR) is 66.0 cm³/mol. The molecule has 0 radical (unpaired) electrons. The maximum atomic E-state index is 10.5. The van der Waals surface area contributed by atoms with E-state index in [-0.39, 0.29) is 11.5 Å². The van der Waals surface area contributed by atoms with E-state index in [0.29, 0.717) is 5.41 Å². The molecule has 1 heteroatoms. The summed E-state index contributed by atoms with van der Waals surface area (Å²) in [4.78, 5) is 0. The van der Waals surface area contributed by atoms with Crippen molar-refractivity contribution in [3.63, 3.8) is 0 Å². The van der Waals surface area contributed by atoms with Crippen LogP contribution in [0.15, 0.2) is 12.2 Å². The predicted octanol–water partition coefficient (Wildman–Crippen LogP) is 3.53. The van der Waals surface area contributed by atoms with Crippen molar-refractivity contribution in [3.05, 3.63) is 12.2 Å². The van der Waals surface area contributed by atoms with Crippen LogP contribution in [0.2, 0.25) is 0 Å². The van der Waals surface area contributed by atoms with Gasteiger partial charge < -0.3 is 5.11 Å². The molecular weight excluding hydrogens is 196 g/mol. The second-order valence-electron chi connectivity index (χ2n) is 7.38. The lowest BCUT2D eigenvalue weighted by Crippen LogP contribution is -2.55. The molecule has 0 heterocycles. The maximum Gasteiger partial charge on any atom is 0.0801 e. The number of aliphatic hydroxyl groups excluding tert-OH is 1. The minimum absolute atomic E-state index is 0.199. The Bertz CT molecular complexity index is 316. The highest BCUT2D eigenvalue weighted by Gasteiger charge is 2.58. The molecule has 4 aliphatic carbocycles. The Morgan fingerprint density at radius 2 is 1.81 bits per heavy atom. The van der Waals surface area contributed by atoms with Crippen molar-refractivity contribution in [1.29, 1.82) is 0 Å². The zero-order chi connectivity index (χ0) is 11.6. The van der Waals surface area contributed by atoms with Gasteiger partial charge in [-0.25, -0.2) is 0 Å². The monoisotopic (exact) mass is 220 g/mol. The van der Waals surface area contributed by atoms with Crippen LogP contribution in [0.25, 0.3) is 0 Å². The van der Waals surface area contributed by atoms with Gasteiger partial charge in [0.05, 0.1) is 6.10 Å². The SMILES string of the molecule is C=C(C)C(O)C12CC3CC(CC(C)(C3)C1)C2. The van der Waals surface area contributed by atoms with E-state index in [1.165, 1.54) is 38.5 Å². The largest absolute Gasteiger partial charge is 0.388 e. The van der Waals surface area contributed by atoms with Crippen LogP contribution in [0.3, 0.4) is 0 Å². The Morgan fingerprint density at radius 1 is 1.25 bits per heavy atom. The Kier molecular flexibility index (Phi) is 2.12. The van der Waals surface area contributed by atoms with Gasteiger partial charge in [-0.05, 0) is 62.7 Å². The van der Waals surface area contributed by atoms with Crippen LogP contribution in [0.4, 0.5) is 0 Å². The van der Waals surface area contributed by atoms with Gasteiger partial charge in [-0.3, -0.25) is 0 Å². The zero-order valence-electron chi connectivity index (χ0n) is 10.6. The van der Waals surface area contributed by atoms with Gasteiger partial charge in [-0.1, -0.05) is 19.1 Å². The van der Waals surface area contributed by atoms with Crippen molar-refractivity contribution >= 4 is 0 Å². The van der Waals surface area contributed by atoms with Gasteiger partial charge >= 0.3 is 0 Å². The summed E-state index contributed by atoms with van der Waals surface area (Å²) in [6, 6.07) is 0. The molecule has 4 rings (SSSR count). The van der Waals surface area contributed by atoms with E-state index >= 15 is 0 Å². The quantitative estimate of drug-likeness (QED) is 0.706. The lowest BCUT2D eigenvalue weighted by atomic mass is 9.43. The standard InChI is InChI=1S/C15H24O/c1-10(2)13(16)15-7-11-4-12(8-15)6-14(3,5-11)9-15/h11-13,16H,1,4-9H2,2-3H3. The fourth-order valence-electron chi connectivity index (χ4n) is 5.64. The van der Waals surface area contributed by atoms with E-state index in [1.807, 2.05) is 6.92 Å². The van der Waals surface area contributed by atoms with E-state index < -0.39 is 0 Å². The molecule has 4 fully saturated rings. The average molecular weight is 220 g/mol. The molecule has 0 amide bonds. The molecule has 0 aromatic carbocycles. The topological polar surface area (TPSA) is 20.2 Å². The Balaban J connectivity index is 1.94. The van der Waals surface area contributed by atoms with Gasteiger partial charge in [-0.15, -0.1) is 0 Å². The molecule has 3 atom stereocenters. The highest BCUT2D eigenvalue weighted by molar-refractivity contribution is 5.15. The first-order chi connectivity index (χ1) is 7.42. The van der Waals surface area contributed by atoms with Gasteiger partial charge in [0.2, 0.25) is 0 Å². The molecule has 4 bridgehead atoms. The number of hydrogen-bond donors (Lipinski definition) is 1. The van der Waals surface area contributed by atoms with E-state index in [4.69, 9.17) is 0 Å². The summed E-state index contributed by atoms with van der Waals surface area (Å²) >= 11 is 0. The van der Waals surface area contributed by atoms with Crippen LogP contribution >= 0.6 is 0 Å². The Hall–Kier alpha value is -0.300. The van der Waals surface area contributed by atoms with E-state index in [2.05, 4.69) is 13.5 Å². The van der Waals surface area contributed by atoms with E-state index in [1.54, 1.807) is 0 Å². The molecule has 0 spiro atoms. The van der Waals surface area contributed by atoms with Crippen molar-refractivity contribution in [2.24, 2.45) is 22.7 Å². The molecule has 0 aliphatic heterocycles. The van der Waals surface area contributed by atoms with Crippen molar-refractivity contribution in [3.8, 4) is 0 Å². The highest BCUT2D eigenvalue weighted by atomic mass is 16.3. The molecule has 3 unspecified atom stereocenters. The van der Waals surface area contributed by atoms with Gasteiger partial charge in [0.1, 0.15) is 0 Å². The van der Waals surface area contributed by atoms with Gasteiger partial charge in [-0.2, -0.15) is 0 Å². The molecular formula is C15H24O. The van der Waals surface area contributed by atoms with Crippen molar-refractivity contribution in [2.75, 3.05) is 0 Å². The third kappa shape index (κ3) is 1.40. The summed E-state index contributed by atoms with van der Waals surface area (Å²) in [7, 11) is 0. The molecule has 1 nitrogen and oxygen atoms in total. The normalized spacial score (nSPS) is 51.7. The molecule has 0 saturated heterocycles. The summed E-state index contributed by atoms with van der Waals surface area (Å²) in [6.07, 6.45) is 7.75.